The second kappa shape index (κ2) is 5.85. The summed E-state index contributed by atoms with van der Waals surface area (Å²) in [4.78, 5) is 0. The Kier molecular flexibility index (Phi) is 4.58. The van der Waals surface area contributed by atoms with Crippen LogP contribution in [-0.4, -0.2) is 5.11 Å². The van der Waals surface area contributed by atoms with E-state index in [1.807, 2.05) is 32.0 Å². The molecule has 0 saturated heterocycles. The minimum Gasteiger partial charge on any atom is -0.503 e. The maximum absolute atomic E-state index is 10.0. The standard InChI is InChI=1S/C14H11Br3O2/c1-7-4-10(16)14(11(17)5-7)19-12-6-8(2)3-9(15)13(12)18/h3-6,18H,1-2H3. The highest BCUT2D eigenvalue weighted by atomic mass is 79.9. The maximum atomic E-state index is 10.0. The van der Waals surface area contributed by atoms with E-state index in [9.17, 15) is 5.11 Å². The van der Waals surface area contributed by atoms with Crippen molar-refractivity contribution in [3.63, 3.8) is 0 Å². The minimum atomic E-state index is 0.0879. The number of halogens is 3. The Bertz CT molecular complexity index is 616. The lowest BCUT2D eigenvalue weighted by Crippen LogP contribution is -1.90. The van der Waals surface area contributed by atoms with E-state index in [0.29, 0.717) is 16.0 Å². The molecule has 0 saturated carbocycles. The second-order valence-corrected chi connectivity index (χ2v) is 6.82. The van der Waals surface area contributed by atoms with Crippen LogP contribution in [0.2, 0.25) is 0 Å². The van der Waals surface area contributed by atoms with Gasteiger partial charge in [0.1, 0.15) is 0 Å². The van der Waals surface area contributed by atoms with Crippen molar-refractivity contribution < 1.29 is 9.84 Å². The number of hydrogen-bond acceptors (Lipinski definition) is 2. The van der Waals surface area contributed by atoms with Crippen LogP contribution in [0.5, 0.6) is 17.2 Å². The molecule has 0 atom stereocenters. The van der Waals surface area contributed by atoms with E-state index in [0.717, 1.165) is 20.1 Å². The number of hydrogen-bond donors (Lipinski definition) is 1. The summed E-state index contributed by atoms with van der Waals surface area (Å²) >= 11 is 10.2. The number of phenolic OH excluding ortho intramolecular Hbond substituents is 1. The van der Waals surface area contributed by atoms with Gasteiger partial charge in [-0.05, 0) is 97.0 Å². The van der Waals surface area contributed by atoms with Gasteiger partial charge in [-0.1, -0.05) is 0 Å². The first-order valence-electron chi connectivity index (χ1n) is 5.51. The quantitative estimate of drug-likeness (QED) is 0.600. The number of ether oxygens (including phenoxy) is 1. The Balaban J connectivity index is 2.48. The fourth-order valence-electron chi connectivity index (χ4n) is 1.67. The average Bonchev–Trinajstić information content (AvgIpc) is 2.29. The molecule has 0 radical (unpaired) electrons. The van der Waals surface area contributed by atoms with Crippen molar-refractivity contribution in [3.8, 4) is 17.2 Å². The fourth-order valence-corrected chi connectivity index (χ4v) is 3.81. The molecule has 0 bridgehead atoms. The number of rotatable bonds is 2. The molecule has 0 spiro atoms. The molecule has 0 aliphatic rings. The third kappa shape index (κ3) is 3.33. The van der Waals surface area contributed by atoms with Crippen molar-refractivity contribution in [1.29, 1.82) is 0 Å². The van der Waals surface area contributed by atoms with Crippen LogP contribution in [0, 0.1) is 13.8 Å². The Hall–Kier alpha value is -0.520. The van der Waals surface area contributed by atoms with E-state index in [4.69, 9.17) is 4.74 Å². The predicted octanol–water partition coefficient (Wildman–Crippen LogP) is 6.09. The van der Waals surface area contributed by atoms with Crippen LogP contribution in [0.1, 0.15) is 11.1 Å². The fraction of sp³-hybridized carbons (Fsp3) is 0.143. The van der Waals surface area contributed by atoms with E-state index in [-0.39, 0.29) is 5.75 Å². The number of phenols is 1. The maximum Gasteiger partial charge on any atom is 0.172 e. The van der Waals surface area contributed by atoms with Gasteiger partial charge in [0.2, 0.25) is 0 Å². The second-order valence-electron chi connectivity index (χ2n) is 4.25. The van der Waals surface area contributed by atoms with Crippen LogP contribution in [0.4, 0.5) is 0 Å². The molecule has 2 rings (SSSR count). The summed E-state index contributed by atoms with van der Waals surface area (Å²) in [5.74, 6) is 1.14. The molecule has 0 unspecified atom stereocenters. The number of aromatic hydroxyl groups is 1. The van der Waals surface area contributed by atoms with Gasteiger partial charge in [0, 0.05) is 0 Å². The van der Waals surface area contributed by atoms with Crippen molar-refractivity contribution in [2.75, 3.05) is 0 Å². The van der Waals surface area contributed by atoms with Crippen molar-refractivity contribution in [2.24, 2.45) is 0 Å². The summed E-state index contributed by atoms with van der Waals surface area (Å²) in [6.45, 7) is 3.94. The summed E-state index contributed by atoms with van der Waals surface area (Å²) in [5, 5.41) is 10.0. The summed E-state index contributed by atoms with van der Waals surface area (Å²) < 4.78 is 8.09. The predicted molar refractivity (Wildman–Crippen MR) is 87.2 cm³/mol. The molecule has 0 aliphatic heterocycles. The normalized spacial score (nSPS) is 10.6. The van der Waals surface area contributed by atoms with Gasteiger partial charge in [0.15, 0.2) is 17.2 Å². The summed E-state index contributed by atoms with van der Waals surface area (Å²) in [7, 11) is 0. The number of aryl methyl sites for hydroxylation is 2. The highest BCUT2D eigenvalue weighted by molar-refractivity contribution is 9.11. The lowest BCUT2D eigenvalue weighted by atomic mass is 10.2. The summed E-state index contributed by atoms with van der Waals surface area (Å²) in [6, 6.07) is 7.55. The van der Waals surface area contributed by atoms with E-state index in [1.165, 1.54) is 0 Å². The molecular formula is C14H11Br3O2. The van der Waals surface area contributed by atoms with Gasteiger partial charge in [-0.25, -0.2) is 0 Å². The van der Waals surface area contributed by atoms with E-state index < -0.39 is 0 Å². The average molecular weight is 451 g/mol. The van der Waals surface area contributed by atoms with Gasteiger partial charge in [-0.2, -0.15) is 0 Å². The first-order valence-corrected chi connectivity index (χ1v) is 7.89. The van der Waals surface area contributed by atoms with Gasteiger partial charge in [-0.15, -0.1) is 0 Å². The van der Waals surface area contributed by atoms with Gasteiger partial charge >= 0.3 is 0 Å². The van der Waals surface area contributed by atoms with E-state index in [2.05, 4.69) is 47.8 Å². The monoisotopic (exact) mass is 448 g/mol. The van der Waals surface area contributed by atoms with Crippen LogP contribution >= 0.6 is 47.8 Å². The van der Waals surface area contributed by atoms with Crippen LogP contribution in [0.3, 0.4) is 0 Å². The molecule has 2 aromatic rings. The lowest BCUT2D eigenvalue weighted by Gasteiger charge is -2.13. The molecule has 2 aromatic carbocycles. The van der Waals surface area contributed by atoms with Crippen molar-refractivity contribution in [2.45, 2.75) is 13.8 Å². The zero-order valence-corrected chi connectivity index (χ0v) is 15.1. The van der Waals surface area contributed by atoms with Crippen LogP contribution < -0.4 is 4.74 Å². The SMILES string of the molecule is Cc1cc(Br)c(Oc2cc(C)cc(Br)c2O)c(Br)c1. The molecule has 0 aliphatic carbocycles. The van der Waals surface area contributed by atoms with Gasteiger partial charge in [0.05, 0.1) is 13.4 Å². The first kappa shape index (κ1) is 14.9. The van der Waals surface area contributed by atoms with Crippen LogP contribution in [0.25, 0.3) is 0 Å². The highest BCUT2D eigenvalue weighted by Gasteiger charge is 2.13. The first-order chi connectivity index (χ1) is 8.88. The zero-order valence-electron chi connectivity index (χ0n) is 10.3. The molecule has 5 heteroatoms. The van der Waals surface area contributed by atoms with E-state index >= 15 is 0 Å². The molecule has 0 heterocycles. The van der Waals surface area contributed by atoms with Gasteiger partial charge in [-0.3, -0.25) is 0 Å². The molecular weight excluding hydrogens is 440 g/mol. The molecule has 100 valence electrons. The van der Waals surface area contributed by atoms with Crippen LogP contribution in [-0.2, 0) is 0 Å². The van der Waals surface area contributed by atoms with Gasteiger partial charge < -0.3 is 9.84 Å². The summed E-state index contributed by atoms with van der Waals surface area (Å²) in [6.07, 6.45) is 0. The third-order valence-electron chi connectivity index (χ3n) is 2.53. The summed E-state index contributed by atoms with van der Waals surface area (Å²) in [5.41, 5.74) is 2.11. The molecule has 2 nitrogen and oxygen atoms in total. The zero-order chi connectivity index (χ0) is 14.2. The Morgan fingerprint density at radius 3 is 1.89 bits per heavy atom. The van der Waals surface area contributed by atoms with Crippen molar-refractivity contribution >= 4 is 47.8 Å². The van der Waals surface area contributed by atoms with Crippen molar-refractivity contribution in [3.05, 3.63) is 48.8 Å². The Morgan fingerprint density at radius 1 is 0.842 bits per heavy atom. The van der Waals surface area contributed by atoms with Crippen molar-refractivity contribution in [1.82, 2.24) is 0 Å². The topological polar surface area (TPSA) is 29.5 Å². The molecule has 0 fully saturated rings. The molecule has 0 amide bonds. The van der Waals surface area contributed by atoms with Gasteiger partial charge in [0.25, 0.3) is 0 Å². The molecule has 1 N–H and O–H groups in total. The highest BCUT2D eigenvalue weighted by Crippen LogP contribution is 2.42. The molecule has 0 aromatic heterocycles. The van der Waals surface area contributed by atoms with Crippen LogP contribution in [0.15, 0.2) is 37.7 Å². The number of benzene rings is 2. The minimum absolute atomic E-state index is 0.0879. The third-order valence-corrected chi connectivity index (χ3v) is 4.31. The molecule has 19 heavy (non-hydrogen) atoms. The Labute approximate surface area is 137 Å². The Morgan fingerprint density at radius 2 is 1.32 bits per heavy atom. The largest absolute Gasteiger partial charge is 0.503 e. The van der Waals surface area contributed by atoms with E-state index in [1.54, 1.807) is 6.07 Å². The smallest absolute Gasteiger partial charge is 0.172 e. The lowest BCUT2D eigenvalue weighted by molar-refractivity contribution is 0.406.